The molecule has 0 radical (unpaired) electrons. The van der Waals surface area contributed by atoms with Gasteiger partial charge in [-0.05, 0) is 44.4 Å². The molecule has 0 aromatic carbocycles. The first-order valence-electron chi connectivity index (χ1n) is 6.14. The van der Waals surface area contributed by atoms with Gasteiger partial charge < -0.3 is 11.1 Å². The molecule has 1 aromatic heterocycles. The van der Waals surface area contributed by atoms with Gasteiger partial charge in [0.2, 0.25) is 5.91 Å². The van der Waals surface area contributed by atoms with Crippen LogP contribution in [0.25, 0.3) is 0 Å². The lowest BCUT2D eigenvalue weighted by molar-refractivity contribution is -0.120. The maximum absolute atomic E-state index is 12.1. The van der Waals surface area contributed by atoms with Crippen LogP contribution in [0.3, 0.4) is 0 Å². The number of aryl methyl sites for hydroxylation is 1. The van der Waals surface area contributed by atoms with E-state index in [0.29, 0.717) is 12.5 Å². The molecule has 92 valence electrons. The maximum Gasteiger partial charge on any atom is 0.227 e. The van der Waals surface area contributed by atoms with E-state index in [2.05, 4.69) is 10.3 Å². The Labute approximate surface area is 102 Å². The van der Waals surface area contributed by atoms with Crippen molar-refractivity contribution in [3.05, 3.63) is 24.0 Å². The highest BCUT2D eigenvalue weighted by Crippen LogP contribution is 2.31. The van der Waals surface area contributed by atoms with Crippen molar-refractivity contribution < 1.29 is 4.79 Å². The predicted octanol–water partition coefficient (Wildman–Crippen LogP) is 1.70. The lowest BCUT2D eigenvalue weighted by Gasteiger charge is -2.17. The second kappa shape index (κ2) is 5.27. The fourth-order valence-electron chi connectivity index (χ4n) is 2.44. The van der Waals surface area contributed by atoms with Gasteiger partial charge in [-0.25, -0.2) is 0 Å². The van der Waals surface area contributed by atoms with Gasteiger partial charge in [0.25, 0.3) is 0 Å². The zero-order chi connectivity index (χ0) is 12.3. The molecule has 2 unspecified atom stereocenters. The van der Waals surface area contributed by atoms with Crippen LogP contribution in [0.1, 0.15) is 25.0 Å². The Hall–Kier alpha value is -1.42. The molecule has 0 aliphatic heterocycles. The largest absolute Gasteiger partial charge is 0.330 e. The van der Waals surface area contributed by atoms with Gasteiger partial charge in [0, 0.05) is 11.6 Å². The molecule has 0 bridgehead atoms. The van der Waals surface area contributed by atoms with E-state index < -0.39 is 0 Å². The molecule has 1 aliphatic rings. The first-order chi connectivity index (χ1) is 8.20. The van der Waals surface area contributed by atoms with Crippen LogP contribution in [-0.2, 0) is 4.79 Å². The van der Waals surface area contributed by atoms with E-state index in [4.69, 9.17) is 5.73 Å². The molecule has 0 saturated heterocycles. The van der Waals surface area contributed by atoms with Crippen molar-refractivity contribution in [1.82, 2.24) is 4.98 Å². The normalized spacial score (nSPS) is 23.6. The van der Waals surface area contributed by atoms with Crippen molar-refractivity contribution in [2.24, 2.45) is 17.6 Å². The summed E-state index contributed by atoms with van der Waals surface area (Å²) in [7, 11) is 0. The number of rotatable bonds is 3. The Balaban J connectivity index is 1.99. The smallest absolute Gasteiger partial charge is 0.227 e. The molecule has 1 fully saturated rings. The summed E-state index contributed by atoms with van der Waals surface area (Å²) in [4.78, 5) is 16.2. The van der Waals surface area contributed by atoms with E-state index in [1.165, 1.54) is 0 Å². The number of nitrogens with one attached hydrogen (secondary N) is 1. The van der Waals surface area contributed by atoms with Crippen molar-refractivity contribution in [2.75, 3.05) is 11.9 Å². The number of hydrogen-bond donors (Lipinski definition) is 2. The monoisotopic (exact) mass is 233 g/mol. The zero-order valence-corrected chi connectivity index (χ0v) is 10.1. The Bertz CT molecular complexity index is 388. The molecule has 2 rings (SSSR count). The maximum atomic E-state index is 12.1. The van der Waals surface area contributed by atoms with Crippen LogP contribution in [0.2, 0.25) is 0 Å². The van der Waals surface area contributed by atoms with Crippen LogP contribution < -0.4 is 11.1 Å². The van der Waals surface area contributed by atoms with Gasteiger partial charge in [0.15, 0.2) is 0 Å². The summed E-state index contributed by atoms with van der Waals surface area (Å²) in [5, 5.41) is 2.92. The van der Waals surface area contributed by atoms with Crippen molar-refractivity contribution in [2.45, 2.75) is 26.2 Å². The SMILES string of the molecule is Cc1ccc(NC(=O)C2CCCC2CN)cn1. The van der Waals surface area contributed by atoms with Crippen LogP contribution in [0, 0.1) is 18.8 Å². The number of anilines is 1. The van der Waals surface area contributed by atoms with E-state index in [0.717, 1.165) is 30.6 Å². The quantitative estimate of drug-likeness (QED) is 0.835. The number of aromatic nitrogens is 1. The van der Waals surface area contributed by atoms with Gasteiger partial charge >= 0.3 is 0 Å². The molecule has 1 amide bonds. The molecule has 2 atom stereocenters. The van der Waals surface area contributed by atoms with Gasteiger partial charge in [-0.15, -0.1) is 0 Å². The summed E-state index contributed by atoms with van der Waals surface area (Å²) in [6, 6.07) is 3.78. The third-order valence-electron chi connectivity index (χ3n) is 3.48. The fraction of sp³-hybridized carbons (Fsp3) is 0.538. The van der Waals surface area contributed by atoms with Crippen LogP contribution in [0.15, 0.2) is 18.3 Å². The molecule has 1 aliphatic carbocycles. The highest BCUT2D eigenvalue weighted by atomic mass is 16.1. The Morgan fingerprint density at radius 3 is 3.00 bits per heavy atom. The summed E-state index contributed by atoms with van der Waals surface area (Å²) in [6.45, 7) is 2.53. The lowest BCUT2D eigenvalue weighted by Crippen LogP contribution is -2.29. The Morgan fingerprint density at radius 2 is 2.35 bits per heavy atom. The average molecular weight is 233 g/mol. The second-order valence-corrected chi connectivity index (χ2v) is 4.71. The van der Waals surface area contributed by atoms with Crippen molar-refractivity contribution in [3.63, 3.8) is 0 Å². The minimum atomic E-state index is 0.0707. The number of carbonyl (C=O) groups excluding carboxylic acids is 1. The van der Waals surface area contributed by atoms with Gasteiger partial charge in [-0.2, -0.15) is 0 Å². The van der Waals surface area contributed by atoms with Crippen molar-refractivity contribution in [1.29, 1.82) is 0 Å². The number of nitrogens with zero attached hydrogens (tertiary/aromatic N) is 1. The van der Waals surface area contributed by atoms with Crippen LogP contribution in [-0.4, -0.2) is 17.4 Å². The minimum Gasteiger partial charge on any atom is -0.330 e. The molecule has 17 heavy (non-hydrogen) atoms. The third-order valence-corrected chi connectivity index (χ3v) is 3.48. The number of nitrogens with two attached hydrogens (primary N) is 1. The molecule has 1 heterocycles. The summed E-state index contributed by atoms with van der Waals surface area (Å²) in [5.41, 5.74) is 7.40. The van der Waals surface area contributed by atoms with E-state index in [-0.39, 0.29) is 11.8 Å². The van der Waals surface area contributed by atoms with E-state index >= 15 is 0 Å². The number of pyridine rings is 1. The topological polar surface area (TPSA) is 68.0 Å². The molecule has 1 aromatic rings. The average Bonchev–Trinajstić information content (AvgIpc) is 2.80. The highest BCUT2D eigenvalue weighted by Gasteiger charge is 2.31. The Morgan fingerprint density at radius 1 is 1.53 bits per heavy atom. The van der Waals surface area contributed by atoms with Gasteiger partial charge in [-0.3, -0.25) is 9.78 Å². The second-order valence-electron chi connectivity index (χ2n) is 4.71. The fourth-order valence-corrected chi connectivity index (χ4v) is 2.44. The summed E-state index contributed by atoms with van der Waals surface area (Å²) in [5.74, 6) is 0.498. The van der Waals surface area contributed by atoms with Gasteiger partial charge in [0.05, 0.1) is 11.9 Å². The zero-order valence-electron chi connectivity index (χ0n) is 10.1. The standard InChI is InChI=1S/C13H19N3O/c1-9-5-6-11(8-15-9)16-13(17)12-4-2-3-10(12)7-14/h5-6,8,10,12H,2-4,7,14H2,1H3,(H,16,17). The number of amides is 1. The molecule has 3 N–H and O–H groups in total. The van der Waals surface area contributed by atoms with Gasteiger partial charge in [0.1, 0.15) is 0 Å². The first kappa shape index (κ1) is 12.0. The van der Waals surface area contributed by atoms with Crippen LogP contribution >= 0.6 is 0 Å². The van der Waals surface area contributed by atoms with E-state index in [1.807, 2.05) is 19.1 Å². The van der Waals surface area contributed by atoms with Crippen molar-refractivity contribution >= 4 is 11.6 Å². The van der Waals surface area contributed by atoms with E-state index in [1.54, 1.807) is 6.20 Å². The number of carbonyl (C=O) groups is 1. The van der Waals surface area contributed by atoms with Gasteiger partial charge in [-0.1, -0.05) is 6.42 Å². The summed E-state index contributed by atoms with van der Waals surface area (Å²) in [6.07, 6.45) is 4.82. The third kappa shape index (κ3) is 2.82. The molecule has 0 spiro atoms. The van der Waals surface area contributed by atoms with E-state index in [9.17, 15) is 4.79 Å². The van der Waals surface area contributed by atoms with Crippen LogP contribution in [0.4, 0.5) is 5.69 Å². The van der Waals surface area contributed by atoms with Crippen LogP contribution in [0.5, 0.6) is 0 Å². The highest BCUT2D eigenvalue weighted by molar-refractivity contribution is 5.92. The summed E-state index contributed by atoms with van der Waals surface area (Å²) < 4.78 is 0. The molecular weight excluding hydrogens is 214 g/mol. The summed E-state index contributed by atoms with van der Waals surface area (Å²) >= 11 is 0. The number of hydrogen-bond acceptors (Lipinski definition) is 3. The van der Waals surface area contributed by atoms with Crippen molar-refractivity contribution in [3.8, 4) is 0 Å². The first-order valence-corrected chi connectivity index (χ1v) is 6.14. The predicted molar refractivity (Wildman–Crippen MR) is 67.5 cm³/mol. The molecule has 4 nitrogen and oxygen atoms in total. The molecule has 1 saturated carbocycles. The molecule has 4 heteroatoms. The molecular formula is C13H19N3O. The lowest BCUT2D eigenvalue weighted by atomic mass is 9.95. The minimum absolute atomic E-state index is 0.0707. The Kier molecular flexibility index (Phi) is 3.74.